The zero-order valence-corrected chi connectivity index (χ0v) is 13.6. The SMILES string of the molecule is CCCNCc1cc(Br)ccc1N(C)Cc1ccco1. The van der Waals surface area contributed by atoms with Crippen LogP contribution in [0.4, 0.5) is 5.69 Å². The molecule has 0 aliphatic rings. The first-order chi connectivity index (χ1) is 9.70. The van der Waals surface area contributed by atoms with Crippen LogP contribution in [-0.2, 0) is 13.1 Å². The summed E-state index contributed by atoms with van der Waals surface area (Å²) < 4.78 is 6.53. The maximum Gasteiger partial charge on any atom is 0.123 e. The van der Waals surface area contributed by atoms with E-state index in [1.807, 2.05) is 12.1 Å². The molecule has 0 aliphatic heterocycles. The van der Waals surface area contributed by atoms with E-state index in [2.05, 4.69) is 58.3 Å². The summed E-state index contributed by atoms with van der Waals surface area (Å²) in [4.78, 5) is 2.22. The Hall–Kier alpha value is -1.26. The number of benzene rings is 1. The Morgan fingerprint density at radius 2 is 2.15 bits per heavy atom. The Morgan fingerprint density at radius 1 is 1.30 bits per heavy atom. The van der Waals surface area contributed by atoms with E-state index < -0.39 is 0 Å². The fraction of sp³-hybridized carbons (Fsp3) is 0.375. The highest BCUT2D eigenvalue weighted by Crippen LogP contribution is 2.25. The van der Waals surface area contributed by atoms with Gasteiger partial charge in [-0.25, -0.2) is 0 Å². The number of nitrogens with zero attached hydrogens (tertiary/aromatic N) is 1. The zero-order valence-electron chi connectivity index (χ0n) is 12.0. The van der Waals surface area contributed by atoms with E-state index in [4.69, 9.17) is 4.42 Å². The molecule has 2 aromatic rings. The van der Waals surface area contributed by atoms with Crippen molar-refractivity contribution in [2.24, 2.45) is 0 Å². The molecule has 20 heavy (non-hydrogen) atoms. The number of anilines is 1. The maximum absolute atomic E-state index is 5.42. The summed E-state index contributed by atoms with van der Waals surface area (Å²) in [5.74, 6) is 0.975. The molecule has 0 atom stereocenters. The quantitative estimate of drug-likeness (QED) is 0.769. The molecule has 1 heterocycles. The largest absolute Gasteiger partial charge is 0.467 e. The number of hydrogen-bond acceptors (Lipinski definition) is 3. The standard InChI is InChI=1S/C16H21BrN2O/c1-3-8-18-11-13-10-14(17)6-7-16(13)19(2)12-15-5-4-9-20-15/h4-7,9-10,18H,3,8,11-12H2,1-2H3. The Balaban J connectivity index is 2.12. The minimum absolute atomic E-state index is 0.773. The second-order valence-electron chi connectivity index (χ2n) is 4.89. The molecule has 0 aliphatic carbocycles. The molecule has 0 amide bonds. The van der Waals surface area contributed by atoms with Gasteiger partial charge in [-0.3, -0.25) is 0 Å². The van der Waals surface area contributed by atoms with Crippen molar-refractivity contribution in [3.05, 3.63) is 52.4 Å². The number of hydrogen-bond donors (Lipinski definition) is 1. The van der Waals surface area contributed by atoms with Crippen LogP contribution < -0.4 is 10.2 Å². The molecular weight excluding hydrogens is 316 g/mol. The minimum atomic E-state index is 0.773. The van der Waals surface area contributed by atoms with E-state index in [0.717, 1.165) is 36.3 Å². The van der Waals surface area contributed by atoms with Crippen molar-refractivity contribution >= 4 is 21.6 Å². The van der Waals surface area contributed by atoms with Crippen LogP contribution in [0.15, 0.2) is 45.5 Å². The molecule has 108 valence electrons. The molecule has 2 rings (SSSR count). The van der Waals surface area contributed by atoms with Crippen LogP contribution in [-0.4, -0.2) is 13.6 Å². The van der Waals surface area contributed by atoms with Gasteiger partial charge in [-0.2, -0.15) is 0 Å². The lowest BCUT2D eigenvalue weighted by Gasteiger charge is -2.22. The van der Waals surface area contributed by atoms with Crippen LogP contribution in [0.2, 0.25) is 0 Å². The third kappa shape index (κ3) is 4.12. The lowest BCUT2D eigenvalue weighted by molar-refractivity contribution is 0.507. The van der Waals surface area contributed by atoms with E-state index in [-0.39, 0.29) is 0 Å². The van der Waals surface area contributed by atoms with Crippen molar-refractivity contribution in [2.75, 3.05) is 18.5 Å². The number of nitrogens with one attached hydrogen (secondary N) is 1. The highest BCUT2D eigenvalue weighted by atomic mass is 79.9. The molecule has 1 N–H and O–H groups in total. The Bertz CT molecular complexity index is 525. The topological polar surface area (TPSA) is 28.4 Å². The highest BCUT2D eigenvalue weighted by molar-refractivity contribution is 9.10. The summed E-state index contributed by atoms with van der Waals surface area (Å²) in [6.45, 7) is 4.87. The average molecular weight is 337 g/mol. The summed E-state index contributed by atoms with van der Waals surface area (Å²) in [5.41, 5.74) is 2.52. The van der Waals surface area contributed by atoms with Gasteiger partial charge in [0.15, 0.2) is 0 Å². The molecule has 0 saturated heterocycles. The van der Waals surface area contributed by atoms with Gasteiger partial charge in [0.2, 0.25) is 0 Å². The molecule has 0 unspecified atom stereocenters. The summed E-state index contributed by atoms with van der Waals surface area (Å²) in [5, 5.41) is 3.46. The first-order valence-corrected chi connectivity index (χ1v) is 7.72. The average Bonchev–Trinajstić information content (AvgIpc) is 2.92. The molecule has 1 aromatic carbocycles. The van der Waals surface area contributed by atoms with E-state index in [1.54, 1.807) is 6.26 Å². The van der Waals surface area contributed by atoms with E-state index in [1.165, 1.54) is 11.3 Å². The van der Waals surface area contributed by atoms with E-state index >= 15 is 0 Å². The van der Waals surface area contributed by atoms with Crippen LogP contribution in [0, 0.1) is 0 Å². The van der Waals surface area contributed by atoms with Gasteiger partial charge in [-0.1, -0.05) is 22.9 Å². The minimum Gasteiger partial charge on any atom is -0.467 e. The highest BCUT2D eigenvalue weighted by Gasteiger charge is 2.09. The van der Waals surface area contributed by atoms with Crippen LogP contribution in [0.25, 0.3) is 0 Å². The summed E-state index contributed by atoms with van der Waals surface area (Å²) >= 11 is 3.55. The van der Waals surface area contributed by atoms with E-state index in [0.29, 0.717) is 0 Å². The summed E-state index contributed by atoms with van der Waals surface area (Å²) in [7, 11) is 2.09. The monoisotopic (exact) mass is 336 g/mol. The Labute approximate surface area is 129 Å². The molecule has 0 fully saturated rings. The molecule has 1 aromatic heterocycles. The molecule has 3 nitrogen and oxygen atoms in total. The van der Waals surface area contributed by atoms with Crippen molar-refractivity contribution in [3.63, 3.8) is 0 Å². The smallest absolute Gasteiger partial charge is 0.123 e. The summed E-state index contributed by atoms with van der Waals surface area (Å²) in [6.07, 6.45) is 2.86. The van der Waals surface area contributed by atoms with Crippen molar-refractivity contribution < 1.29 is 4.42 Å². The lowest BCUT2D eigenvalue weighted by Crippen LogP contribution is -2.21. The first kappa shape index (κ1) is 15.1. The van der Waals surface area contributed by atoms with E-state index in [9.17, 15) is 0 Å². The maximum atomic E-state index is 5.42. The molecule has 0 saturated carbocycles. The fourth-order valence-corrected chi connectivity index (χ4v) is 2.60. The zero-order chi connectivity index (χ0) is 14.4. The third-order valence-electron chi connectivity index (χ3n) is 3.17. The number of rotatable bonds is 7. The Kier molecular flexibility index (Phi) is 5.68. The second kappa shape index (κ2) is 7.50. The van der Waals surface area contributed by atoms with Gasteiger partial charge in [0, 0.05) is 23.8 Å². The lowest BCUT2D eigenvalue weighted by atomic mass is 10.1. The molecule has 4 heteroatoms. The second-order valence-corrected chi connectivity index (χ2v) is 5.80. The predicted octanol–water partition coefficient (Wildman–Crippen LogP) is 4.18. The van der Waals surface area contributed by atoms with Crippen molar-refractivity contribution in [3.8, 4) is 0 Å². The number of furan rings is 1. The van der Waals surface area contributed by atoms with Crippen LogP contribution in [0.3, 0.4) is 0 Å². The summed E-state index contributed by atoms with van der Waals surface area (Å²) in [6, 6.07) is 10.3. The van der Waals surface area contributed by atoms with Gasteiger partial charge < -0.3 is 14.6 Å². The van der Waals surface area contributed by atoms with Gasteiger partial charge >= 0.3 is 0 Å². The van der Waals surface area contributed by atoms with Crippen molar-refractivity contribution in [2.45, 2.75) is 26.4 Å². The van der Waals surface area contributed by atoms with Gasteiger partial charge in [-0.05, 0) is 48.9 Å². The predicted molar refractivity (Wildman–Crippen MR) is 87.0 cm³/mol. The molecular formula is C16H21BrN2O. The number of halogens is 1. The van der Waals surface area contributed by atoms with Gasteiger partial charge in [0.1, 0.15) is 5.76 Å². The van der Waals surface area contributed by atoms with Crippen molar-refractivity contribution in [1.29, 1.82) is 0 Å². The normalized spacial score (nSPS) is 10.8. The Morgan fingerprint density at radius 3 is 2.85 bits per heavy atom. The van der Waals surface area contributed by atoms with Crippen LogP contribution >= 0.6 is 15.9 Å². The van der Waals surface area contributed by atoms with Crippen molar-refractivity contribution in [1.82, 2.24) is 5.32 Å². The van der Waals surface area contributed by atoms with Crippen LogP contribution in [0.1, 0.15) is 24.7 Å². The third-order valence-corrected chi connectivity index (χ3v) is 3.66. The molecule has 0 bridgehead atoms. The van der Waals surface area contributed by atoms with Gasteiger partial charge in [-0.15, -0.1) is 0 Å². The first-order valence-electron chi connectivity index (χ1n) is 6.93. The molecule has 0 radical (unpaired) electrons. The van der Waals surface area contributed by atoms with Gasteiger partial charge in [0.25, 0.3) is 0 Å². The molecule has 0 spiro atoms. The van der Waals surface area contributed by atoms with Crippen LogP contribution in [0.5, 0.6) is 0 Å². The van der Waals surface area contributed by atoms with Gasteiger partial charge in [0.05, 0.1) is 12.8 Å². The fourth-order valence-electron chi connectivity index (χ4n) is 2.19.